The molecule has 1 aliphatic heterocycles. The van der Waals surface area contributed by atoms with Crippen molar-refractivity contribution in [3.8, 4) is 0 Å². The molecule has 30 heavy (non-hydrogen) atoms. The second-order valence-corrected chi connectivity index (χ2v) is 9.14. The molecule has 0 bridgehead atoms. The van der Waals surface area contributed by atoms with E-state index in [-0.39, 0.29) is 0 Å². The average molecular weight is 471 g/mol. The van der Waals surface area contributed by atoms with Crippen molar-refractivity contribution in [1.29, 1.82) is 0 Å². The van der Waals surface area contributed by atoms with Gasteiger partial charge in [-0.25, -0.2) is 4.98 Å². The van der Waals surface area contributed by atoms with Gasteiger partial charge in [0.2, 0.25) is 0 Å². The zero-order valence-electron chi connectivity index (χ0n) is 17.9. The van der Waals surface area contributed by atoms with Crippen LogP contribution in [0.3, 0.4) is 0 Å². The Morgan fingerprint density at radius 2 is 2.13 bits per heavy atom. The molecular weight excluding hydrogens is 440 g/mol. The van der Waals surface area contributed by atoms with Crippen LogP contribution in [0.25, 0.3) is 5.65 Å². The van der Waals surface area contributed by atoms with E-state index >= 15 is 0 Å². The summed E-state index contributed by atoms with van der Waals surface area (Å²) in [6.07, 6.45) is 10.4. The number of pyridine rings is 1. The van der Waals surface area contributed by atoms with Crippen molar-refractivity contribution in [2.75, 3.05) is 25.0 Å². The predicted octanol–water partition coefficient (Wildman–Crippen LogP) is 5.11. The molecule has 1 N–H and O–H groups in total. The lowest BCUT2D eigenvalue weighted by molar-refractivity contribution is 0.173. The third kappa shape index (κ3) is 4.83. The number of halogens is 1. The van der Waals surface area contributed by atoms with Gasteiger partial charge < -0.3 is 10.2 Å². The van der Waals surface area contributed by atoms with E-state index in [0.717, 1.165) is 39.7 Å². The van der Waals surface area contributed by atoms with E-state index < -0.39 is 0 Å². The lowest BCUT2D eigenvalue weighted by atomic mass is 9.93. The van der Waals surface area contributed by atoms with E-state index in [1.54, 1.807) is 6.20 Å². The number of hydrogen-bond acceptors (Lipinski definition) is 5. The largest absolute Gasteiger partial charge is 0.366 e. The van der Waals surface area contributed by atoms with Gasteiger partial charge in [0.25, 0.3) is 0 Å². The number of likely N-dealkylation sites (tertiary alicyclic amines) is 1. The van der Waals surface area contributed by atoms with E-state index in [1.165, 1.54) is 38.8 Å². The first kappa shape index (κ1) is 21.2. The third-order valence-electron chi connectivity index (χ3n) is 6.24. The third-order valence-corrected chi connectivity index (χ3v) is 6.80. The van der Waals surface area contributed by atoms with Gasteiger partial charge in [-0.2, -0.15) is 9.61 Å². The Morgan fingerprint density at radius 3 is 2.90 bits per heavy atom. The second kappa shape index (κ2) is 9.88. The van der Waals surface area contributed by atoms with Crippen molar-refractivity contribution in [2.24, 2.45) is 5.92 Å². The zero-order chi connectivity index (χ0) is 20.9. The molecule has 1 unspecified atom stereocenters. The number of nitrogens with zero attached hydrogens (tertiary/aromatic N) is 5. The molecule has 0 amide bonds. The van der Waals surface area contributed by atoms with Crippen molar-refractivity contribution in [3.63, 3.8) is 0 Å². The molecule has 1 fully saturated rings. The summed E-state index contributed by atoms with van der Waals surface area (Å²) in [7, 11) is 0. The highest BCUT2D eigenvalue weighted by molar-refractivity contribution is 9.10. The average Bonchev–Trinajstić information content (AvgIpc) is 3.17. The van der Waals surface area contributed by atoms with Crippen LogP contribution in [-0.2, 0) is 6.54 Å². The second-order valence-electron chi connectivity index (χ2n) is 8.29. The summed E-state index contributed by atoms with van der Waals surface area (Å²) in [5.74, 6) is 2.22. The minimum absolute atomic E-state index is 0.457. The molecule has 160 valence electrons. The molecule has 3 aromatic heterocycles. The Balaban J connectivity index is 1.57. The molecule has 1 aliphatic rings. The number of piperidine rings is 1. The van der Waals surface area contributed by atoms with Crippen LogP contribution in [0.5, 0.6) is 0 Å². The SMILES string of the molecule is CCC(CC)CN1CCCC(c2cc(NCc3cccnc3)n3ncc(Br)c3n2)C1. The molecule has 0 spiro atoms. The van der Waals surface area contributed by atoms with Gasteiger partial charge in [0.05, 0.1) is 16.4 Å². The maximum absolute atomic E-state index is 5.00. The number of aromatic nitrogens is 4. The molecular formula is C23H31BrN6. The number of hydrogen-bond donors (Lipinski definition) is 1. The van der Waals surface area contributed by atoms with Crippen LogP contribution < -0.4 is 5.32 Å². The van der Waals surface area contributed by atoms with E-state index in [0.29, 0.717) is 12.5 Å². The fourth-order valence-corrected chi connectivity index (χ4v) is 4.71. The number of rotatable bonds is 8. The lowest BCUT2D eigenvalue weighted by Crippen LogP contribution is -2.37. The normalized spacial score (nSPS) is 17.7. The Kier molecular flexibility index (Phi) is 7.00. The topological polar surface area (TPSA) is 58.4 Å². The minimum atomic E-state index is 0.457. The zero-order valence-corrected chi connectivity index (χ0v) is 19.5. The van der Waals surface area contributed by atoms with E-state index in [4.69, 9.17) is 4.98 Å². The fraction of sp³-hybridized carbons (Fsp3) is 0.522. The quantitative estimate of drug-likeness (QED) is 0.495. The fourth-order valence-electron chi connectivity index (χ4n) is 4.36. The molecule has 7 heteroatoms. The Hall–Kier alpha value is -1.99. The van der Waals surface area contributed by atoms with Crippen molar-refractivity contribution < 1.29 is 0 Å². The van der Waals surface area contributed by atoms with Crippen LogP contribution in [0.2, 0.25) is 0 Å². The van der Waals surface area contributed by atoms with Crippen LogP contribution in [0.1, 0.15) is 56.7 Å². The summed E-state index contributed by atoms with van der Waals surface area (Å²) >= 11 is 3.62. The molecule has 4 heterocycles. The van der Waals surface area contributed by atoms with Crippen LogP contribution in [0, 0.1) is 5.92 Å². The van der Waals surface area contributed by atoms with E-state index in [9.17, 15) is 0 Å². The van der Waals surface area contributed by atoms with Gasteiger partial charge in [-0.3, -0.25) is 4.98 Å². The van der Waals surface area contributed by atoms with Gasteiger partial charge in [0, 0.05) is 44.0 Å². The van der Waals surface area contributed by atoms with Gasteiger partial charge in [0.15, 0.2) is 5.65 Å². The smallest absolute Gasteiger partial charge is 0.171 e. The highest BCUT2D eigenvalue weighted by Crippen LogP contribution is 2.30. The number of fused-ring (bicyclic) bond motifs is 1. The summed E-state index contributed by atoms with van der Waals surface area (Å²) in [6, 6.07) is 6.23. The van der Waals surface area contributed by atoms with Gasteiger partial charge in [-0.15, -0.1) is 0 Å². The van der Waals surface area contributed by atoms with Crippen LogP contribution in [0.15, 0.2) is 41.3 Å². The molecule has 6 nitrogen and oxygen atoms in total. The summed E-state index contributed by atoms with van der Waals surface area (Å²) in [5, 5.41) is 8.06. The van der Waals surface area contributed by atoms with Crippen LogP contribution in [-0.4, -0.2) is 44.1 Å². The van der Waals surface area contributed by atoms with Crippen molar-refractivity contribution in [1.82, 2.24) is 24.5 Å². The monoisotopic (exact) mass is 470 g/mol. The highest BCUT2D eigenvalue weighted by atomic mass is 79.9. The molecule has 4 rings (SSSR count). The molecule has 3 aromatic rings. The first-order valence-electron chi connectivity index (χ1n) is 11.1. The first-order chi connectivity index (χ1) is 14.7. The van der Waals surface area contributed by atoms with Crippen molar-refractivity contribution in [3.05, 3.63) is 52.5 Å². The van der Waals surface area contributed by atoms with Crippen LogP contribution in [0.4, 0.5) is 5.82 Å². The number of anilines is 1. The van der Waals surface area contributed by atoms with Gasteiger partial charge in [0.1, 0.15) is 5.82 Å². The molecule has 0 radical (unpaired) electrons. The number of nitrogens with one attached hydrogen (secondary N) is 1. The Bertz CT molecular complexity index is 953. The van der Waals surface area contributed by atoms with Gasteiger partial charge in [-0.05, 0) is 52.9 Å². The minimum Gasteiger partial charge on any atom is -0.366 e. The standard InChI is InChI=1S/C23H31BrN6/c1-3-17(4-2)15-29-10-6-8-19(16-29)21-11-22(26-13-18-7-5-9-25-12-18)30-23(28-21)20(24)14-27-30/h5,7,9,11-12,14,17,19,26H,3-4,6,8,10,13,15-16H2,1-2H3. The molecule has 0 saturated carbocycles. The van der Waals surface area contributed by atoms with E-state index in [2.05, 4.69) is 62.2 Å². The Morgan fingerprint density at radius 1 is 1.27 bits per heavy atom. The summed E-state index contributed by atoms with van der Waals surface area (Å²) in [4.78, 5) is 11.9. The van der Waals surface area contributed by atoms with Gasteiger partial charge in [-0.1, -0.05) is 32.8 Å². The molecule has 1 atom stereocenters. The highest BCUT2D eigenvalue weighted by Gasteiger charge is 2.25. The predicted molar refractivity (Wildman–Crippen MR) is 125 cm³/mol. The lowest BCUT2D eigenvalue weighted by Gasteiger charge is -2.34. The van der Waals surface area contributed by atoms with Crippen molar-refractivity contribution in [2.45, 2.75) is 52.0 Å². The van der Waals surface area contributed by atoms with E-state index in [1.807, 2.05) is 23.0 Å². The maximum Gasteiger partial charge on any atom is 0.171 e. The van der Waals surface area contributed by atoms with Crippen molar-refractivity contribution >= 4 is 27.4 Å². The first-order valence-corrected chi connectivity index (χ1v) is 11.9. The summed E-state index contributed by atoms with van der Waals surface area (Å²) in [6.45, 7) is 8.82. The molecule has 0 aromatic carbocycles. The van der Waals surface area contributed by atoms with Crippen LogP contribution >= 0.6 is 15.9 Å². The Labute approximate surface area is 187 Å². The molecule has 1 saturated heterocycles. The molecule has 0 aliphatic carbocycles. The summed E-state index contributed by atoms with van der Waals surface area (Å²) < 4.78 is 2.81. The summed E-state index contributed by atoms with van der Waals surface area (Å²) in [5.41, 5.74) is 3.18. The maximum atomic E-state index is 5.00. The van der Waals surface area contributed by atoms with Gasteiger partial charge >= 0.3 is 0 Å².